The summed E-state index contributed by atoms with van der Waals surface area (Å²) in [6.07, 6.45) is 1.57. The zero-order chi connectivity index (χ0) is 22.4. The summed E-state index contributed by atoms with van der Waals surface area (Å²) in [5.41, 5.74) is 3.95. The Bertz CT molecular complexity index is 1250. The number of hydrogen-bond acceptors (Lipinski definition) is 4. The van der Waals surface area contributed by atoms with Crippen molar-refractivity contribution < 1.29 is 12.8 Å². The lowest BCUT2D eigenvalue weighted by atomic mass is 9.59. The molecular weight excluding hydrogens is 394 g/mol. The van der Waals surface area contributed by atoms with Crippen LogP contribution in [0.3, 0.4) is 0 Å². The number of hydrogen-bond donors (Lipinski definition) is 1. The second kappa shape index (κ2) is 7.85. The van der Waals surface area contributed by atoms with Crippen molar-refractivity contribution in [2.24, 2.45) is 0 Å². The van der Waals surface area contributed by atoms with Gasteiger partial charge in [0.05, 0.1) is 10.6 Å². The Balaban J connectivity index is 2.38. The summed E-state index contributed by atoms with van der Waals surface area (Å²) in [6, 6.07) is 7.92. The number of pyridine rings is 1. The second-order valence-electron chi connectivity index (χ2n) is 8.13. The van der Waals surface area contributed by atoms with Gasteiger partial charge >= 0.3 is 0 Å². The highest BCUT2D eigenvalue weighted by Gasteiger charge is 2.30. The van der Waals surface area contributed by atoms with E-state index < -0.39 is 21.2 Å². The molecule has 2 heterocycles. The maximum atomic E-state index is 14.7. The van der Waals surface area contributed by atoms with Crippen molar-refractivity contribution in [2.75, 3.05) is 7.05 Å². The lowest BCUT2D eigenvalue weighted by molar-refractivity contribution is 0.588. The zero-order valence-corrected chi connectivity index (χ0v) is 19.3. The minimum Gasteiger partial charge on any atom is -0.325 e. The highest BCUT2D eigenvalue weighted by atomic mass is 32.2. The van der Waals surface area contributed by atoms with Crippen molar-refractivity contribution in [2.45, 2.75) is 10.2 Å². The summed E-state index contributed by atoms with van der Waals surface area (Å²) in [5.74, 6) is -0.479. The smallest absolute Gasteiger partial charge is 0.268 e. The largest absolute Gasteiger partial charge is 0.325 e. The molecule has 0 aliphatic heterocycles. The van der Waals surface area contributed by atoms with Crippen LogP contribution in [0.1, 0.15) is 5.56 Å². The SMILES string of the molecule is Bc1nc(B)c(S(=O)(=O)n2cc(C(B)(B)NC)cc2-c2ccccc2F)c(B)c1B. The quantitative estimate of drug-likeness (QED) is 0.421. The first-order chi connectivity index (χ1) is 13.9. The predicted molar refractivity (Wildman–Crippen MR) is 137 cm³/mol. The first kappa shape index (κ1) is 22.6. The molecule has 2 aromatic heterocycles. The Labute approximate surface area is 182 Å². The molecule has 0 atom stereocenters. The Morgan fingerprint density at radius 2 is 1.70 bits per heavy atom. The fourth-order valence-corrected chi connectivity index (χ4v) is 5.39. The van der Waals surface area contributed by atoms with Crippen molar-refractivity contribution in [3.05, 3.63) is 47.9 Å². The van der Waals surface area contributed by atoms with E-state index in [1.165, 1.54) is 10.0 Å². The van der Waals surface area contributed by atoms with Crippen molar-refractivity contribution in [1.82, 2.24) is 14.3 Å². The number of benzene rings is 1. The van der Waals surface area contributed by atoms with Gasteiger partial charge in [0, 0.05) is 17.4 Å². The van der Waals surface area contributed by atoms with Crippen LogP contribution in [0.2, 0.25) is 0 Å². The molecule has 0 aliphatic carbocycles. The molecule has 0 saturated heterocycles. The van der Waals surface area contributed by atoms with Crippen LogP contribution in [-0.4, -0.2) is 71.5 Å². The highest BCUT2D eigenvalue weighted by molar-refractivity contribution is 7.90. The molecule has 1 N–H and O–H groups in total. The van der Waals surface area contributed by atoms with Crippen LogP contribution < -0.4 is 27.4 Å². The Morgan fingerprint density at radius 3 is 2.30 bits per heavy atom. The van der Waals surface area contributed by atoms with E-state index in [9.17, 15) is 12.8 Å². The second-order valence-corrected chi connectivity index (χ2v) is 9.88. The maximum Gasteiger partial charge on any atom is 0.268 e. The fraction of sp³-hybridized carbons (Fsp3) is 0.118. The topological polar surface area (TPSA) is 64.0 Å². The Hall–Kier alpha value is -2.12. The molecule has 1 aromatic carbocycles. The van der Waals surface area contributed by atoms with E-state index in [1.807, 2.05) is 31.4 Å². The summed E-state index contributed by atoms with van der Waals surface area (Å²) >= 11 is 0. The predicted octanol–water partition coefficient (Wildman–Crippen LogP) is -6.44. The molecule has 0 bridgehead atoms. The average molecular weight is 416 g/mol. The number of aromatic nitrogens is 2. The molecule has 0 amide bonds. The van der Waals surface area contributed by atoms with E-state index >= 15 is 0 Å². The molecule has 0 saturated carbocycles. The van der Waals surface area contributed by atoms with Crippen molar-refractivity contribution >= 4 is 79.2 Å². The molecular formula is C17H22B6FN3O2S. The van der Waals surface area contributed by atoms with Crippen molar-refractivity contribution in [1.29, 1.82) is 0 Å². The summed E-state index contributed by atoms with van der Waals surface area (Å²) in [6.45, 7) is 0. The maximum absolute atomic E-state index is 14.7. The molecule has 0 aliphatic rings. The molecule has 3 aromatic rings. The van der Waals surface area contributed by atoms with Gasteiger partial charge in [-0.05, 0) is 41.7 Å². The van der Waals surface area contributed by atoms with Crippen LogP contribution in [0.15, 0.2) is 41.4 Å². The van der Waals surface area contributed by atoms with E-state index in [0.717, 1.165) is 16.6 Å². The standard InChI is InChI=1S/C17H22B6FN3O2S/c1-25-17(22,23)8-6-11(9-4-2-3-5-10(9)24)27(7-8)30(28,29)14-12(18)13(19)15(20)26-16(14)21/h2-7,25H,18-23H2,1H3. The summed E-state index contributed by atoms with van der Waals surface area (Å²) in [5, 5.41) is 2.67. The normalized spacial score (nSPS) is 12.2. The summed E-state index contributed by atoms with van der Waals surface area (Å²) in [7, 11) is 8.86. The van der Waals surface area contributed by atoms with Gasteiger partial charge in [-0.1, -0.05) is 23.1 Å². The summed E-state index contributed by atoms with van der Waals surface area (Å²) in [4.78, 5) is 4.60. The van der Waals surface area contributed by atoms with Crippen LogP contribution in [0, 0.1) is 5.82 Å². The van der Waals surface area contributed by atoms with E-state index in [-0.39, 0.29) is 16.2 Å². The van der Waals surface area contributed by atoms with Crippen molar-refractivity contribution in [3.8, 4) is 11.3 Å². The van der Waals surface area contributed by atoms with Crippen LogP contribution in [0.4, 0.5) is 4.39 Å². The Kier molecular flexibility index (Phi) is 5.91. The van der Waals surface area contributed by atoms with Gasteiger partial charge in [0.2, 0.25) is 0 Å². The molecule has 148 valence electrons. The number of halogens is 1. The lowest BCUT2D eigenvalue weighted by Crippen LogP contribution is -2.49. The van der Waals surface area contributed by atoms with E-state index in [2.05, 4.69) is 10.3 Å². The van der Waals surface area contributed by atoms with Crippen LogP contribution >= 0.6 is 0 Å². The molecule has 0 fully saturated rings. The first-order valence-electron chi connectivity index (χ1n) is 9.78. The van der Waals surface area contributed by atoms with E-state index in [0.29, 0.717) is 11.1 Å². The molecule has 3 rings (SSSR count). The number of nitrogens with one attached hydrogen (secondary N) is 1. The zero-order valence-electron chi connectivity index (χ0n) is 18.5. The van der Waals surface area contributed by atoms with Gasteiger partial charge in [0.25, 0.3) is 10.0 Å². The highest BCUT2D eigenvalue weighted by Crippen LogP contribution is 2.30. The van der Waals surface area contributed by atoms with Gasteiger partial charge in [-0.25, -0.2) is 16.8 Å². The molecule has 0 radical (unpaired) electrons. The third kappa shape index (κ3) is 3.69. The van der Waals surface area contributed by atoms with E-state index in [1.54, 1.807) is 53.2 Å². The van der Waals surface area contributed by atoms with Crippen LogP contribution in [0.25, 0.3) is 11.3 Å². The van der Waals surface area contributed by atoms with Crippen LogP contribution in [0.5, 0.6) is 0 Å². The van der Waals surface area contributed by atoms with Gasteiger partial charge in [-0.15, -0.1) is 0 Å². The van der Waals surface area contributed by atoms with E-state index in [4.69, 9.17) is 0 Å². The van der Waals surface area contributed by atoms with Gasteiger partial charge in [0.1, 0.15) is 37.2 Å². The first-order valence-corrected chi connectivity index (χ1v) is 11.2. The minimum absolute atomic E-state index is 0.160. The molecule has 5 nitrogen and oxygen atoms in total. The van der Waals surface area contributed by atoms with Gasteiger partial charge in [-0.2, -0.15) is 0 Å². The van der Waals surface area contributed by atoms with Crippen LogP contribution in [-0.2, 0) is 15.4 Å². The molecule has 0 spiro atoms. The molecule has 0 unspecified atom stereocenters. The third-order valence-electron chi connectivity index (χ3n) is 5.91. The van der Waals surface area contributed by atoms with Gasteiger partial charge in [0.15, 0.2) is 15.7 Å². The fourth-order valence-electron chi connectivity index (χ4n) is 3.57. The minimum atomic E-state index is -4.02. The van der Waals surface area contributed by atoms with Gasteiger partial charge in [-0.3, -0.25) is 4.98 Å². The average Bonchev–Trinajstić information content (AvgIpc) is 3.13. The number of nitrogens with zero attached hydrogens (tertiary/aromatic N) is 2. The van der Waals surface area contributed by atoms with Crippen molar-refractivity contribution in [3.63, 3.8) is 0 Å². The molecule has 30 heavy (non-hydrogen) atoms. The molecule has 13 heteroatoms. The number of rotatable bonds is 5. The summed E-state index contributed by atoms with van der Waals surface area (Å²) < 4.78 is 43.6. The monoisotopic (exact) mass is 417 g/mol. The lowest BCUT2D eigenvalue weighted by Gasteiger charge is -2.23. The third-order valence-corrected chi connectivity index (χ3v) is 7.85. The van der Waals surface area contributed by atoms with Gasteiger partial charge < -0.3 is 5.32 Å². The Morgan fingerprint density at radius 1 is 1.07 bits per heavy atom.